The molecule has 0 saturated carbocycles. The molecule has 2 aromatic carbocycles. The maximum absolute atomic E-state index is 12.8. The lowest BCUT2D eigenvalue weighted by Gasteiger charge is -2.08. The van der Waals surface area contributed by atoms with Crippen molar-refractivity contribution in [1.29, 1.82) is 0 Å². The van der Waals surface area contributed by atoms with Crippen LogP contribution in [0.3, 0.4) is 0 Å². The molecule has 2 aromatic rings. The molecule has 0 aliphatic carbocycles. The van der Waals surface area contributed by atoms with Gasteiger partial charge in [-0.05, 0) is 12.0 Å². The van der Waals surface area contributed by atoms with Gasteiger partial charge in [0.15, 0.2) is 0 Å². The van der Waals surface area contributed by atoms with Gasteiger partial charge in [0.1, 0.15) is 5.71 Å². The Kier molecular flexibility index (Phi) is 5.43. The van der Waals surface area contributed by atoms with E-state index in [0.29, 0.717) is 17.9 Å². The van der Waals surface area contributed by atoms with Crippen LogP contribution in [-0.2, 0) is 4.74 Å². The Morgan fingerprint density at radius 3 is 2.25 bits per heavy atom. The van der Waals surface area contributed by atoms with Gasteiger partial charge in [0.05, 0.1) is 19.4 Å². The molecule has 0 amide bonds. The van der Waals surface area contributed by atoms with Crippen molar-refractivity contribution in [2.24, 2.45) is 10.2 Å². The molecule has 4 nitrogen and oxygen atoms in total. The Morgan fingerprint density at radius 2 is 1.62 bits per heavy atom. The average Bonchev–Trinajstić information content (AvgIpc) is 2.67. The smallest absolute Gasteiger partial charge is 0.213 e. The van der Waals surface area contributed by atoms with Gasteiger partial charge in [0.2, 0.25) is 5.78 Å². The number of ether oxygens (including phenoxy) is 1. The van der Waals surface area contributed by atoms with Crippen molar-refractivity contribution in [2.45, 2.75) is 6.42 Å². The molecule has 1 heterocycles. The van der Waals surface area contributed by atoms with E-state index in [0.717, 1.165) is 24.2 Å². The number of benzene rings is 2. The zero-order valence-electron chi connectivity index (χ0n) is 13.3. The minimum atomic E-state index is -0.146. The third-order valence-corrected chi connectivity index (χ3v) is 3.62. The molecule has 0 radical (unpaired) electrons. The number of nitrogens with zero attached hydrogens (tertiary/aromatic N) is 2. The molecular formula is C20H18N2O2. The third kappa shape index (κ3) is 4.12. The largest absolute Gasteiger partial charge is 0.376 e. The summed E-state index contributed by atoms with van der Waals surface area (Å²) in [6.45, 7) is 1.27. The molecule has 0 saturated heterocycles. The van der Waals surface area contributed by atoms with Crippen LogP contribution in [0, 0.1) is 0 Å². The van der Waals surface area contributed by atoms with Crippen LogP contribution in [-0.4, -0.2) is 30.9 Å². The quantitative estimate of drug-likeness (QED) is 0.479. The van der Waals surface area contributed by atoms with E-state index in [9.17, 15) is 4.79 Å². The maximum Gasteiger partial charge on any atom is 0.213 e. The number of ketones is 1. The molecule has 1 aliphatic rings. The SMILES string of the molecule is O=C(/C(=N/N=C/C1=CCCOC1)c1ccccc1)c1ccccc1. The molecule has 0 atom stereocenters. The first-order valence-electron chi connectivity index (χ1n) is 7.87. The van der Waals surface area contributed by atoms with Gasteiger partial charge in [-0.1, -0.05) is 66.7 Å². The van der Waals surface area contributed by atoms with Crippen LogP contribution < -0.4 is 0 Å². The number of Topliss-reactive ketones (excluding diaryl/α,β-unsaturated/α-hetero) is 1. The summed E-state index contributed by atoms with van der Waals surface area (Å²) < 4.78 is 5.37. The summed E-state index contributed by atoms with van der Waals surface area (Å²) in [4.78, 5) is 12.8. The summed E-state index contributed by atoms with van der Waals surface area (Å²) in [5.74, 6) is -0.146. The van der Waals surface area contributed by atoms with E-state index in [4.69, 9.17) is 4.74 Å². The van der Waals surface area contributed by atoms with Crippen LogP contribution in [0.4, 0.5) is 0 Å². The van der Waals surface area contributed by atoms with E-state index in [1.165, 1.54) is 0 Å². The van der Waals surface area contributed by atoms with E-state index < -0.39 is 0 Å². The Bertz CT molecular complexity index is 778. The fourth-order valence-electron chi connectivity index (χ4n) is 2.38. The van der Waals surface area contributed by atoms with Gasteiger partial charge < -0.3 is 4.74 Å². The van der Waals surface area contributed by atoms with Crippen molar-refractivity contribution in [3.63, 3.8) is 0 Å². The van der Waals surface area contributed by atoms with Crippen LogP contribution in [0.5, 0.6) is 0 Å². The van der Waals surface area contributed by atoms with Crippen LogP contribution in [0.15, 0.2) is 82.5 Å². The van der Waals surface area contributed by atoms with Crippen molar-refractivity contribution in [3.8, 4) is 0 Å². The number of carbonyl (C=O) groups is 1. The normalized spacial score (nSPS) is 15.3. The van der Waals surface area contributed by atoms with Crippen LogP contribution in [0.1, 0.15) is 22.3 Å². The summed E-state index contributed by atoms with van der Waals surface area (Å²) in [6, 6.07) is 18.5. The summed E-state index contributed by atoms with van der Waals surface area (Å²) >= 11 is 0. The average molecular weight is 318 g/mol. The fraction of sp³-hybridized carbons (Fsp3) is 0.150. The van der Waals surface area contributed by atoms with Gasteiger partial charge in [-0.15, -0.1) is 5.10 Å². The lowest BCUT2D eigenvalue weighted by Crippen LogP contribution is -2.15. The van der Waals surface area contributed by atoms with E-state index in [1.807, 2.05) is 48.5 Å². The second-order valence-electron chi connectivity index (χ2n) is 5.37. The highest BCUT2D eigenvalue weighted by Gasteiger charge is 2.16. The Balaban J connectivity index is 1.90. The van der Waals surface area contributed by atoms with Crippen molar-refractivity contribution < 1.29 is 9.53 Å². The summed E-state index contributed by atoms with van der Waals surface area (Å²) in [7, 11) is 0. The molecular weight excluding hydrogens is 300 g/mol. The van der Waals surface area contributed by atoms with Crippen LogP contribution in [0.2, 0.25) is 0 Å². The topological polar surface area (TPSA) is 51.0 Å². The monoisotopic (exact) mass is 318 g/mol. The van der Waals surface area contributed by atoms with E-state index in [1.54, 1.807) is 18.3 Å². The van der Waals surface area contributed by atoms with Crippen molar-refractivity contribution >= 4 is 17.7 Å². The molecule has 0 N–H and O–H groups in total. The van der Waals surface area contributed by atoms with Gasteiger partial charge in [-0.2, -0.15) is 5.10 Å². The number of hydrogen-bond acceptors (Lipinski definition) is 4. The standard InChI is InChI=1S/C20H18N2O2/c23-20(18-11-5-2-6-12-18)19(17-9-3-1-4-10-17)22-21-14-16-8-7-13-24-15-16/h1-6,8-12,14H,7,13,15H2/b21-14+,22-19+. The minimum absolute atomic E-state index is 0.146. The van der Waals surface area contributed by atoms with E-state index in [-0.39, 0.29) is 5.78 Å². The first kappa shape index (κ1) is 16.0. The lowest BCUT2D eigenvalue weighted by molar-refractivity contribution is 0.106. The Morgan fingerprint density at radius 1 is 0.958 bits per heavy atom. The van der Waals surface area contributed by atoms with Gasteiger partial charge >= 0.3 is 0 Å². The summed E-state index contributed by atoms with van der Waals surface area (Å²) in [6.07, 6.45) is 4.60. The molecule has 3 rings (SSSR count). The predicted molar refractivity (Wildman–Crippen MR) is 95.8 cm³/mol. The molecule has 120 valence electrons. The minimum Gasteiger partial charge on any atom is -0.376 e. The number of carbonyl (C=O) groups excluding carboxylic acids is 1. The summed E-state index contributed by atoms with van der Waals surface area (Å²) in [5, 5.41) is 8.32. The zero-order valence-corrected chi connectivity index (χ0v) is 13.3. The van der Waals surface area contributed by atoms with Gasteiger partial charge in [0, 0.05) is 11.1 Å². The fourth-order valence-corrected chi connectivity index (χ4v) is 2.38. The first-order chi connectivity index (χ1) is 11.8. The van der Waals surface area contributed by atoms with Crippen LogP contribution in [0.25, 0.3) is 0 Å². The molecule has 24 heavy (non-hydrogen) atoms. The maximum atomic E-state index is 12.8. The highest BCUT2D eigenvalue weighted by molar-refractivity contribution is 6.51. The van der Waals surface area contributed by atoms with Crippen LogP contribution >= 0.6 is 0 Å². The summed E-state index contributed by atoms with van der Waals surface area (Å²) in [5.41, 5.74) is 2.65. The van der Waals surface area contributed by atoms with E-state index in [2.05, 4.69) is 16.3 Å². The predicted octanol–water partition coefficient (Wildman–Crippen LogP) is 3.69. The molecule has 0 fully saturated rings. The van der Waals surface area contributed by atoms with Gasteiger partial charge in [-0.3, -0.25) is 4.79 Å². The molecule has 1 aliphatic heterocycles. The highest BCUT2D eigenvalue weighted by Crippen LogP contribution is 2.10. The lowest BCUT2D eigenvalue weighted by atomic mass is 10.0. The molecule has 0 spiro atoms. The highest BCUT2D eigenvalue weighted by atomic mass is 16.5. The van der Waals surface area contributed by atoms with E-state index >= 15 is 0 Å². The van der Waals surface area contributed by atoms with Crippen molar-refractivity contribution in [3.05, 3.63) is 83.4 Å². The van der Waals surface area contributed by atoms with Crippen molar-refractivity contribution in [1.82, 2.24) is 0 Å². The van der Waals surface area contributed by atoms with Crippen molar-refractivity contribution in [2.75, 3.05) is 13.2 Å². The first-order valence-corrected chi connectivity index (χ1v) is 7.87. The molecule has 0 bridgehead atoms. The number of rotatable bonds is 5. The van der Waals surface area contributed by atoms with Gasteiger partial charge in [-0.25, -0.2) is 0 Å². The molecule has 0 aromatic heterocycles. The Hall–Kier alpha value is -2.85. The number of hydrogen-bond donors (Lipinski definition) is 0. The third-order valence-electron chi connectivity index (χ3n) is 3.62. The van der Waals surface area contributed by atoms with Gasteiger partial charge in [0.25, 0.3) is 0 Å². The molecule has 0 unspecified atom stereocenters. The molecule has 4 heteroatoms. The second kappa shape index (κ2) is 8.13. The Labute approximate surface area is 141 Å². The zero-order chi connectivity index (χ0) is 16.6. The second-order valence-corrected chi connectivity index (χ2v) is 5.37.